The Balaban J connectivity index is 1.30. The number of ether oxygens (including phenoxy) is 1. The van der Waals surface area contributed by atoms with Crippen LogP contribution in [0.4, 0.5) is 11.4 Å². The van der Waals surface area contributed by atoms with Gasteiger partial charge in [0.1, 0.15) is 24.0 Å². The van der Waals surface area contributed by atoms with E-state index in [1.807, 2.05) is 0 Å². The fraction of sp³-hybridized carbons (Fsp3) is 0.556. The summed E-state index contributed by atoms with van der Waals surface area (Å²) in [6.07, 6.45) is 7.81. The number of rotatable bonds is 11. The van der Waals surface area contributed by atoms with Gasteiger partial charge >= 0.3 is 5.69 Å². The lowest BCUT2D eigenvalue weighted by molar-refractivity contribution is -0.384. The molecular formula is C27H33N5O9S. The van der Waals surface area contributed by atoms with Crippen LogP contribution in [0.3, 0.4) is 0 Å². The first-order chi connectivity index (χ1) is 20.0. The Morgan fingerprint density at radius 2 is 1.86 bits per heavy atom. The summed E-state index contributed by atoms with van der Waals surface area (Å²) in [6, 6.07) is 3.83. The Hall–Kier alpha value is -3.85. The van der Waals surface area contributed by atoms with Gasteiger partial charge in [0.2, 0.25) is 15.9 Å². The van der Waals surface area contributed by atoms with Crippen molar-refractivity contribution < 1.29 is 27.7 Å². The topological polar surface area (TPSA) is 191 Å². The largest absolute Gasteiger partial charge is 0.378 e. The second-order valence-electron chi connectivity index (χ2n) is 11.1. The number of benzene rings is 1. The van der Waals surface area contributed by atoms with Crippen molar-refractivity contribution in [2.75, 3.05) is 17.1 Å². The number of carbonyl (C=O) groups excluding carboxylic acids is 2. The molecule has 1 aromatic carbocycles. The number of amides is 1. The highest BCUT2D eigenvalue weighted by Gasteiger charge is 2.58. The van der Waals surface area contributed by atoms with Crippen LogP contribution < -0.4 is 16.0 Å². The lowest BCUT2D eigenvalue weighted by atomic mass is 9.85. The first-order valence-corrected chi connectivity index (χ1v) is 15.7. The van der Waals surface area contributed by atoms with Crippen LogP contribution in [-0.4, -0.2) is 70.0 Å². The van der Waals surface area contributed by atoms with Gasteiger partial charge in [-0.2, -0.15) is 0 Å². The fourth-order valence-electron chi connectivity index (χ4n) is 6.16. The molecule has 0 unspecified atom stereocenters. The van der Waals surface area contributed by atoms with E-state index in [-0.39, 0.29) is 17.7 Å². The number of carbonyl (C=O) groups is 2. The number of nitro benzene ring substituents is 1. The van der Waals surface area contributed by atoms with Crippen LogP contribution in [0, 0.1) is 16.0 Å². The summed E-state index contributed by atoms with van der Waals surface area (Å²) in [4.78, 5) is 64.4. The molecule has 226 valence electrons. The molecule has 2 N–H and O–H groups in total. The van der Waals surface area contributed by atoms with Gasteiger partial charge in [-0.05, 0) is 49.7 Å². The number of nitrogens with one attached hydrogen (secondary N) is 2. The van der Waals surface area contributed by atoms with Crippen molar-refractivity contribution in [3.05, 3.63) is 67.0 Å². The summed E-state index contributed by atoms with van der Waals surface area (Å²) in [5, 5.41) is 11.8. The average molecular weight is 604 g/mol. The lowest BCUT2D eigenvalue weighted by Gasteiger charge is -2.21. The van der Waals surface area contributed by atoms with Crippen LogP contribution in [0.2, 0.25) is 0 Å². The van der Waals surface area contributed by atoms with Gasteiger partial charge in [-0.25, -0.2) is 13.2 Å². The van der Waals surface area contributed by atoms with Crippen LogP contribution in [0.15, 0.2) is 40.1 Å². The van der Waals surface area contributed by atoms with E-state index in [0.29, 0.717) is 18.6 Å². The molecule has 1 saturated carbocycles. The zero-order valence-corrected chi connectivity index (χ0v) is 23.7. The molecule has 1 aromatic heterocycles. The van der Waals surface area contributed by atoms with E-state index in [4.69, 9.17) is 4.74 Å². The molecule has 3 fully saturated rings. The number of nitro groups is 1. The van der Waals surface area contributed by atoms with Gasteiger partial charge in [-0.3, -0.25) is 38.8 Å². The van der Waals surface area contributed by atoms with E-state index in [1.165, 1.54) is 23.2 Å². The van der Waals surface area contributed by atoms with Gasteiger partial charge in [-0.15, -0.1) is 0 Å². The number of hydrogen-bond donors (Lipinski definition) is 2. The fourth-order valence-corrected chi connectivity index (χ4v) is 7.28. The van der Waals surface area contributed by atoms with Gasteiger partial charge in [0, 0.05) is 24.9 Å². The third kappa shape index (κ3) is 6.78. The molecule has 5 rings (SSSR count). The number of hydrogen-bond acceptors (Lipinski definition) is 9. The van der Waals surface area contributed by atoms with E-state index in [9.17, 15) is 37.7 Å². The van der Waals surface area contributed by atoms with Crippen LogP contribution in [-0.2, 0) is 37.3 Å². The van der Waals surface area contributed by atoms with E-state index in [2.05, 4.69) is 9.71 Å². The smallest absolute Gasteiger partial charge is 0.328 e. The minimum atomic E-state index is -4.37. The second-order valence-corrected chi connectivity index (χ2v) is 12.9. The van der Waals surface area contributed by atoms with Crippen molar-refractivity contribution in [3.63, 3.8) is 0 Å². The van der Waals surface area contributed by atoms with Crippen molar-refractivity contribution in [2.24, 2.45) is 5.92 Å². The number of sulfonamides is 1. The summed E-state index contributed by atoms with van der Waals surface area (Å²) < 4.78 is 34.9. The number of nitrogens with zero attached hydrogens (tertiary/aromatic N) is 3. The highest BCUT2D eigenvalue weighted by atomic mass is 32.2. The third-order valence-electron chi connectivity index (χ3n) is 8.15. The molecule has 3 atom stereocenters. The summed E-state index contributed by atoms with van der Waals surface area (Å²) in [5.41, 5.74) is -1.44. The standard InChI is InChI=1S/C27H33N5O9S/c33-22(16-42(39,40)29-20-9-8-17(14-21(20)32(37)38)13-19-7-4-12-41-19)26-25(18-5-2-1-3-6-18)31(26)24(35)15-30-11-10-23(34)28-27(30)36/h8-11,14,18-19,25-26,29H,1-7,12-13,15-16H2,(H,28,34,36)/t19-,25-,26+,31?/m0/s1. The molecule has 1 aliphatic carbocycles. The van der Waals surface area contributed by atoms with Crippen molar-refractivity contribution >= 4 is 33.1 Å². The zero-order chi connectivity index (χ0) is 30.0. The summed E-state index contributed by atoms with van der Waals surface area (Å²) in [5.74, 6) is -2.21. The SMILES string of the molecule is O=C(CS(=O)(=O)Nc1ccc(C[C@@H]2CCCO2)cc1[N+](=O)[O-])[C@@H]1[C@H](C2CCCCC2)N1C(=O)Cn1ccc(=O)[nH]c1=O. The molecule has 15 heteroatoms. The minimum absolute atomic E-state index is 0.0112. The van der Waals surface area contributed by atoms with E-state index in [1.54, 1.807) is 6.07 Å². The Labute approximate surface area is 241 Å². The number of aromatic nitrogens is 2. The molecule has 3 heterocycles. The third-order valence-corrected chi connectivity index (χ3v) is 9.35. The Bertz CT molecular complexity index is 1590. The molecular weight excluding hydrogens is 570 g/mol. The normalized spacial score (nSPS) is 22.6. The van der Waals surface area contributed by atoms with E-state index < -0.39 is 68.0 Å². The second kappa shape index (κ2) is 12.2. The molecule has 0 radical (unpaired) electrons. The molecule has 3 aliphatic rings. The maximum atomic E-state index is 13.3. The maximum Gasteiger partial charge on any atom is 0.328 e. The first-order valence-electron chi connectivity index (χ1n) is 14.1. The van der Waals surface area contributed by atoms with Crippen LogP contribution >= 0.6 is 0 Å². The highest BCUT2D eigenvalue weighted by Crippen LogP contribution is 2.42. The molecule has 2 aliphatic heterocycles. The number of Topliss-reactive ketones (excluding diaryl/α,β-unsaturated/α-hetero) is 1. The summed E-state index contributed by atoms with van der Waals surface area (Å²) in [7, 11) is -4.37. The van der Waals surface area contributed by atoms with Crippen LogP contribution in [0.1, 0.15) is 50.5 Å². The predicted octanol–water partition coefficient (Wildman–Crippen LogP) is 1.34. The van der Waals surface area contributed by atoms with Crippen molar-refractivity contribution in [2.45, 2.75) is 76.1 Å². The quantitative estimate of drug-likeness (QED) is 0.217. The number of ketones is 1. The van der Waals surface area contributed by atoms with Gasteiger partial charge in [0.25, 0.3) is 11.2 Å². The van der Waals surface area contributed by atoms with Crippen molar-refractivity contribution in [1.29, 1.82) is 0 Å². The van der Waals surface area contributed by atoms with E-state index in [0.717, 1.165) is 55.6 Å². The van der Waals surface area contributed by atoms with Gasteiger partial charge in [0.05, 0.1) is 17.1 Å². The molecule has 42 heavy (non-hydrogen) atoms. The molecule has 0 bridgehead atoms. The Morgan fingerprint density at radius 1 is 1.10 bits per heavy atom. The monoisotopic (exact) mass is 603 g/mol. The van der Waals surface area contributed by atoms with Crippen molar-refractivity contribution in [3.8, 4) is 0 Å². The zero-order valence-electron chi connectivity index (χ0n) is 22.9. The summed E-state index contributed by atoms with van der Waals surface area (Å²) in [6.45, 7) is 0.216. The van der Waals surface area contributed by atoms with Gasteiger partial charge < -0.3 is 9.64 Å². The number of anilines is 1. The van der Waals surface area contributed by atoms with Gasteiger partial charge in [-0.1, -0.05) is 25.3 Å². The van der Waals surface area contributed by atoms with Gasteiger partial charge in [0.15, 0.2) is 5.78 Å². The maximum absolute atomic E-state index is 13.3. The Kier molecular flexibility index (Phi) is 8.59. The molecule has 2 saturated heterocycles. The number of H-pyrrole nitrogens is 1. The van der Waals surface area contributed by atoms with E-state index >= 15 is 0 Å². The molecule has 1 amide bonds. The van der Waals surface area contributed by atoms with Crippen LogP contribution in [0.25, 0.3) is 0 Å². The predicted molar refractivity (Wildman–Crippen MR) is 151 cm³/mol. The average Bonchev–Trinajstić information content (AvgIpc) is 3.50. The minimum Gasteiger partial charge on any atom is -0.378 e. The molecule has 2 aromatic rings. The number of aromatic amines is 1. The lowest BCUT2D eigenvalue weighted by Crippen LogP contribution is -2.34. The highest BCUT2D eigenvalue weighted by molar-refractivity contribution is 7.93. The first kappa shape index (κ1) is 29.6. The molecule has 0 spiro atoms. The Morgan fingerprint density at radius 3 is 2.52 bits per heavy atom. The van der Waals surface area contributed by atoms with Crippen molar-refractivity contribution in [1.82, 2.24) is 14.5 Å². The summed E-state index contributed by atoms with van der Waals surface area (Å²) >= 11 is 0. The molecule has 14 nitrogen and oxygen atoms in total. The van der Waals surface area contributed by atoms with Crippen LogP contribution in [0.5, 0.6) is 0 Å².